The number of hydrogen-bond donors (Lipinski definition) is 2. The lowest BCUT2D eigenvalue weighted by Crippen LogP contribution is -2.30. The number of aromatic amines is 1. The molecule has 1 aliphatic carbocycles. The van der Waals surface area contributed by atoms with Gasteiger partial charge in [-0.15, -0.1) is 0 Å². The maximum Gasteiger partial charge on any atom is 0.534 e. The normalized spacial score (nSPS) is 22.9. The van der Waals surface area contributed by atoms with Crippen LogP contribution in [0, 0.1) is 11.7 Å². The molecule has 4 atom stereocenters. The van der Waals surface area contributed by atoms with E-state index in [1.54, 1.807) is 30.3 Å². The third kappa shape index (κ3) is 4.88. The summed E-state index contributed by atoms with van der Waals surface area (Å²) < 4.78 is 90.8. The van der Waals surface area contributed by atoms with E-state index >= 15 is 4.39 Å². The van der Waals surface area contributed by atoms with E-state index in [0.29, 0.717) is 40.2 Å². The molecule has 13 heteroatoms. The van der Waals surface area contributed by atoms with E-state index in [4.69, 9.17) is 9.47 Å². The Kier molecular flexibility index (Phi) is 6.47. The Hall–Kier alpha value is -3.68. The van der Waals surface area contributed by atoms with Crippen molar-refractivity contribution in [2.24, 2.45) is 5.92 Å². The molecule has 1 aliphatic heterocycles. The highest BCUT2D eigenvalue weighted by Gasteiger charge is 2.49. The minimum Gasteiger partial charge on any atom is -0.473 e. The first kappa shape index (κ1) is 26.5. The van der Waals surface area contributed by atoms with Crippen LogP contribution in [0.5, 0.6) is 11.6 Å². The van der Waals surface area contributed by atoms with Gasteiger partial charge in [0.25, 0.3) is 0 Å². The Balaban J connectivity index is 1.18. The maximum atomic E-state index is 15.0. The lowest BCUT2D eigenvalue weighted by Gasteiger charge is -2.18. The molecule has 2 aliphatic rings. The number of ether oxygens (including phenoxy) is 2. The second kappa shape index (κ2) is 9.75. The average Bonchev–Trinajstić information content (AvgIpc) is 3.60. The summed E-state index contributed by atoms with van der Waals surface area (Å²) in [5.41, 5.74) is -2.72. The van der Waals surface area contributed by atoms with Crippen LogP contribution in [0.1, 0.15) is 12.8 Å². The molecule has 0 bridgehead atoms. The highest BCUT2D eigenvalue weighted by molar-refractivity contribution is 7.88. The number of nitrogens with one attached hydrogen (secondary N) is 1. The fourth-order valence-electron chi connectivity index (χ4n) is 5.20. The van der Waals surface area contributed by atoms with Crippen LogP contribution < -0.4 is 8.92 Å². The number of benzene rings is 2. The molecular weight excluding hydrogens is 556 g/mol. The molecule has 6 rings (SSSR count). The van der Waals surface area contributed by atoms with Crippen LogP contribution >= 0.6 is 0 Å². The van der Waals surface area contributed by atoms with Crippen LogP contribution in [0.3, 0.4) is 0 Å². The maximum absolute atomic E-state index is 15.0. The van der Waals surface area contributed by atoms with E-state index < -0.39 is 33.3 Å². The average molecular weight is 579 g/mol. The van der Waals surface area contributed by atoms with E-state index in [1.807, 2.05) is 0 Å². The monoisotopic (exact) mass is 578 g/mol. The minimum atomic E-state index is -5.76. The number of nitrogens with zero attached hydrogens (tertiary/aromatic N) is 1. The number of aliphatic hydroxyl groups is 1. The number of aliphatic hydroxyl groups excluding tert-OH is 1. The number of alkyl halides is 3. The van der Waals surface area contributed by atoms with Gasteiger partial charge in [0, 0.05) is 23.6 Å². The summed E-state index contributed by atoms with van der Waals surface area (Å²) in [5, 5.41) is 10.0. The molecule has 1 unspecified atom stereocenters. The summed E-state index contributed by atoms with van der Waals surface area (Å²) in [5.74, 6) is -0.547. The molecule has 4 aromatic rings. The molecule has 210 valence electrons. The van der Waals surface area contributed by atoms with Gasteiger partial charge in [-0.25, -0.2) is 9.37 Å². The molecule has 1 saturated heterocycles. The van der Waals surface area contributed by atoms with Gasteiger partial charge in [0.15, 0.2) is 11.7 Å². The fraction of sp³-hybridized carbons (Fsp3) is 0.296. The molecule has 2 fully saturated rings. The van der Waals surface area contributed by atoms with Gasteiger partial charge < -0.3 is 23.7 Å². The SMILES string of the molecule is O=S(=O)(Oc1ccc(-c2ccc(-c3nc4cc(O[C@@H]5CCC6[C@H](O)CO[C@@H]65)[nH]c4cc3F)cc2)cc1)C(F)(F)F. The molecule has 40 heavy (non-hydrogen) atoms. The highest BCUT2D eigenvalue weighted by atomic mass is 32.2. The molecule has 2 aromatic heterocycles. The number of rotatable bonds is 6. The van der Waals surface area contributed by atoms with Crippen LogP contribution in [0.2, 0.25) is 0 Å². The summed E-state index contributed by atoms with van der Waals surface area (Å²) in [6.45, 7) is 0.294. The summed E-state index contributed by atoms with van der Waals surface area (Å²) in [6, 6.07) is 14.7. The molecule has 0 amide bonds. The molecule has 1 saturated carbocycles. The van der Waals surface area contributed by atoms with Gasteiger partial charge in [0.05, 0.1) is 29.8 Å². The van der Waals surface area contributed by atoms with E-state index in [-0.39, 0.29) is 23.8 Å². The van der Waals surface area contributed by atoms with Crippen molar-refractivity contribution in [1.82, 2.24) is 9.97 Å². The summed E-state index contributed by atoms with van der Waals surface area (Å²) in [7, 11) is -5.76. The van der Waals surface area contributed by atoms with E-state index in [1.165, 1.54) is 18.2 Å². The van der Waals surface area contributed by atoms with Gasteiger partial charge in [-0.3, -0.25) is 0 Å². The topological polar surface area (TPSA) is 111 Å². The van der Waals surface area contributed by atoms with Crippen molar-refractivity contribution in [3.63, 3.8) is 0 Å². The Morgan fingerprint density at radius 2 is 1.62 bits per heavy atom. The predicted octanol–water partition coefficient (Wildman–Crippen LogP) is 5.18. The van der Waals surface area contributed by atoms with Crippen molar-refractivity contribution in [3.8, 4) is 34.0 Å². The van der Waals surface area contributed by atoms with Crippen molar-refractivity contribution in [2.75, 3.05) is 6.61 Å². The van der Waals surface area contributed by atoms with Gasteiger partial charge >= 0.3 is 15.6 Å². The van der Waals surface area contributed by atoms with Crippen LogP contribution in [-0.4, -0.2) is 53.9 Å². The predicted molar refractivity (Wildman–Crippen MR) is 135 cm³/mol. The first-order valence-electron chi connectivity index (χ1n) is 12.4. The zero-order chi connectivity index (χ0) is 28.2. The fourth-order valence-corrected chi connectivity index (χ4v) is 5.65. The zero-order valence-corrected chi connectivity index (χ0v) is 21.4. The van der Waals surface area contributed by atoms with Gasteiger partial charge in [-0.05, 0) is 36.1 Å². The van der Waals surface area contributed by atoms with Crippen LogP contribution in [-0.2, 0) is 14.9 Å². The van der Waals surface area contributed by atoms with Crippen molar-refractivity contribution in [1.29, 1.82) is 0 Å². The summed E-state index contributed by atoms with van der Waals surface area (Å²) in [6.07, 6.45) is 0.658. The standard InChI is InChI=1S/C27H22F4N2O6S/c28-19-11-20-21(12-24(32-20)38-23-10-9-18-22(34)13-37-26(18)23)33-25(19)16-3-1-14(2-4-16)15-5-7-17(8-6-15)39-40(35,36)27(29,30)31/h1-8,11-12,18,22-23,26,32,34H,9-10,13H2/t18?,22-,23-,26+/m1/s1. The zero-order valence-electron chi connectivity index (χ0n) is 20.6. The molecular formula is C27H22F4N2O6S. The van der Waals surface area contributed by atoms with E-state index in [2.05, 4.69) is 14.2 Å². The number of hydrogen-bond acceptors (Lipinski definition) is 7. The first-order valence-corrected chi connectivity index (χ1v) is 13.8. The van der Waals surface area contributed by atoms with Crippen LogP contribution in [0.4, 0.5) is 17.6 Å². The smallest absolute Gasteiger partial charge is 0.473 e. The molecule has 3 heterocycles. The number of aromatic nitrogens is 2. The summed E-state index contributed by atoms with van der Waals surface area (Å²) in [4.78, 5) is 7.50. The van der Waals surface area contributed by atoms with E-state index in [0.717, 1.165) is 25.0 Å². The van der Waals surface area contributed by atoms with Gasteiger partial charge in [-0.2, -0.15) is 21.6 Å². The third-order valence-corrected chi connectivity index (χ3v) is 8.15. The number of H-pyrrole nitrogens is 1. The largest absolute Gasteiger partial charge is 0.534 e. The number of fused-ring (bicyclic) bond motifs is 2. The highest BCUT2D eigenvalue weighted by Crippen LogP contribution is 2.39. The van der Waals surface area contributed by atoms with Gasteiger partial charge in [-0.1, -0.05) is 36.4 Å². The van der Waals surface area contributed by atoms with Crippen LogP contribution in [0.25, 0.3) is 33.4 Å². The quantitative estimate of drug-likeness (QED) is 0.184. The third-order valence-electron chi connectivity index (χ3n) is 7.17. The Bertz CT molecular complexity index is 1660. The number of pyridine rings is 1. The van der Waals surface area contributed by atoms with Crippen molar-refractivity contribution in [2.45, 2.75) is 36.7 Å². The molecule has 0 spiro atoms. The molecule has 8 nitrogen and oxygen atoms in total. The van der Waals surface area contributed by atoms with E-state index in [9.17, 15) is 26.7 Å². The van der Waals surface area contributed by atoms with Crippen molar-refractivity contribution < 1.29 is 44.7 Å². The van der Waals surface area contributed by atoms with Crippen LogP contribution in [0.15, 0.2) is 60.7 Å². The van der Waals surface area contributed by atoms with Gasteiger partial charge in [0.2, 0.25) is 0 Å². The lowest BCUT2D eigenvalue weighted by molar-refractivity contribution is -0.0500. The van der Waals surface area contributed by atoms with Gasteiger partial charge in [0.1, 0.15) is 17.5 Å². The Morgan fingerprint density at radius 3 is 2.30 bits per heavy atom. The molecule has 0 radical (unpaired) electrons. The Morgan fingerprint density at radius 1 is 0.975 bits per heavy atom. The van der Waals surface area contributed by atoms with Crippen molar-refractivity contribution in [3.05, 3.63) is 66.5 Å². The second-order valence-electron chi connectivity index (χ2n) is 9.73. The lowest BCUT2D eigenvalue weighted by atomic mass is 10.0. The first-order chi connectivity index (χ1) is 19.0. The number of halogens is 4. The summed E-state index contributed by atoms with van der Waals surface area (Å²) >= 11 is 0. The Labute approximate surface area is 225 Å². The molecule has 2 N–H and O–H groups in total. The van der Waals surface area contributed by atoms with Crippen molar-refractivity contribution >= 4 is 21.2 Å². The minimum absolute atomic E-state index is 0.0522. The molecule has 2 aromatic carbocycles. The second-order valence-corrected chi connectivity index (χ2v) is 11.3.